The van der Waals surface area contributed by atoms with Crippen molar-refractivity contribution in [2.75, 3.05) is 24.5 Å². The lowest BCUT2D eigenvalue weighted by Crippen LogP contribution is -2.43. The van der Waals surface area contributed by atoms with Crippen LogP contribution < -0.4 is 10.2 Å². The van der Waals surface area contributed by atoms with Crippen LogP contribution in [0, 0.1) is 11.7 Å². The Morgan fingerprint density at radius 3 is 2.62 bits per heavy atom. The summed E-state index contributed by atoms with van der Waals surface area (Å²) in [7, 11) is 0. The number of hydrogen-bond donors (Lipinski definition) is 2. The molecule has 3 atom stereocenters. The number of rotatable bonds is 9. The molecule has 1 heterocycles. The van der Waals surface area contributed by atoms with Gasteiger partial charge in [0.05, 0.1) is 5.56 Å². The van der Waals surface area contributed by atoms with Crippen molar-refractivity contribution in [1.82, 2.24) is 5.32 Å². The van der Waals surface area contributed by atoms with Gasteiger partial charge in [0.25, 0.3) is 0 Å². The number of benzene rings is 3. The minimum Gasteiger partial charge on any atom is -0.478 e. The van der Waals surface area contributed by atoms with Crippen molar-refractivity contribution in [1.29, 1.82) is 0 Å². The van der Waals surface area contributed by atoms with E-state index in [0.717, 1.165) is 38.2 Å². The molecule has 1 aliphatic rings. The number of carboxylic acid groups (broad SMARTS) is 1. The topological polar surface area (TPSA) is 52.6 Å². The molecule has 1 aliphatic heterocycles. The maximum Gasteiger partial charge on any atom is 0.338 e. The fourth-order valence-corrected chi connectivity index (χ4v) is 5.56. The van der Waals surface area contributed by atoms with E-state index in [1.807, 2.05) is 6.07 Å². The number of carbonyl (C=O) groups is 1. The van der Waals surface area contributed by atoms with E-state index in [-0.39, 0.29) is 17.5 Å². The highest BCUT2D eigenvalue weighted by Gasteiger charge is 2.31. The summed E-state index contributed by atoms with van der Waals surface area (Å²) >= 11 is 0. The van der Waals surface area contributed by atoms with Crippen LogP contribution in [0.25, 0.3) is 6.08 Å². The number of halogens is 1. The zero-order valence-corrected chi connectivity index (χ0v) is 22.0. The number of hydrogen-bond acceptors (Lipinski definition) is 3. The van der Waals surface area contributed by atoms with Crippen molar-refractivity contribution in [3.05, 3.63) is 106 Å². The van der Waals surface area contributed by atoms with Crippen LogP contribution in [0.5, 0.6) is 0 Å². The number of anilines is 1. The molecular weight excluding hydrogens is 463 g/mol. The molecule has 37 heavy (non-hydrogen) atoms. The number of piperidine rings is 1. The fraction of sp³-hybridized carbons (Fsp3) is 0.344. The summed E-state index contributed by atoms with van der Waals surface area (Å²) in [5.74, 6) is -1.24. The van der Waals surface area contributed by atoms with Crippen molar-refractivity contribution in [3.8, 4) is 0 Å². The average molecular weight is 501 g/mol. The van der Waals surface area contributed by atoms with E-state index in [4.69, 9.17) is 0 Å². The van der Waals surface area contributed by atoms with Gasteiger partial charge in [-0.1, -0.05) is 67.6 Å². The van der Waals surface area contributed by atoms with Gasteiger partial charge >= 0.3 is 5.97 Å². The summed E-state index contributed by atoms with van der Waals surface area (Å²) in [6.07, 6.45) is 6.28. The highest BCUT2D eigenvalue weighted by molar-refractivity contribution is 5.88. The zero-order valence-electron chi connectivity index (χ0n) is 22.0. The van der Waals surface area contributed by atoms with Crippen LogP contribution in [0.4, 0.5) is 10.1 Å². The molecule has 3 unspecified atom stereocenters. The number of allylic oxidation sites excluding steroid dienone is 1. The number of aromatic carboxylic acids is 1. The van der Waals surface area contributed by atoms with Gasteiger partial charge in [-0.05, 0) is 79.6 Å². The molecule has 2 N–H and O–H groups in total. The van der Waals surface area contributed by atoms with Gasteiger partial charge in [0, 0.05) is 30.7 Å². The van der Waals surface area contributed by atoms with E-state index >= 15 is 0 Å². The molecule has 3 aromatic rings. The van der Waals surface area contributed by atoms with E-state index in [1.165, 1.54) is 34.4 Å². The highest BCUT2D eigenvalue weighted by Crippen LogP contribution is 2.35. The molecular formula is C32H37FN2O2. The lowest BCUT2D eigenvalue weighted by molar-refractivity contribution is 0.0692. The Labute approximate surface area is 219 Å². The Bertz CT molecular complexity index is 1240. The van der Waals surface area contributed by atoms with Crippen molar-refractivity contribution < 1.29 is 14.3 Å². The number of nitrogens with zero attached hydrogens (tertiary/aromatic N) is 1. The quantitative estimate of drug-likeness (QED) is 0.330. The van der Waals surface area contributed by atoms with Gasteiger partial charge in [-0.15, -0.1) is 0 Å². The van der Waals surface area contributed by atoms with Crippen LogP contribution in [0.2, 0.25) is 0 Å². The van der Waals surface area contributed by atoms with Crippen LogP contribution in [0.3, 0.4) is 0 Å². The van der Waals surface area contributed by atoms with Crippen LogP contribution in [-0.4, -0.2) is 30.7 Å². The van der Waals surface area contributed by atoms with Crippen LogP contribution in [0.1, 0.15) is 71.8 Å². The van der Waals surface area contributed by atoms with E-state index in [1.54, 1.807) is 6.07 Å². The first-order valence-corrected chi connectivity index (χ1v) is 13.2. The van der Waals surface area contributed by atoms with Crippen molar-refractivity contribution in [3.63, 3.8) is 0 Å². The second-order valence-electron chi connectivity index (χ2n) is 9.88. The third-order valence-corrected chi connectivity index (χ3v) is 7.63. The molecule has 0 saturated carbocycles. The second-order valence-corrected chi connectivity index (χ2v) is 9.88. The molecule has 3 aromatic carbocycles. The maximum atomic E-state index is 14.4. The smallest absolute Gasteiger partial charge is 0.338 e. The van der Waals surface area contributed by atoms with Crippen LogP contribution in [0.15, 0.2) is 72.8 Å². The van der Waals surface area contributed by atoms with Gasteiger partial charge in [-0.2, -0.15) is 0 Å². The van der Waals surface area contributed by atoms with Gasteiger partial charge < -0.3 is 15.3 Å². The first-order valence-electron chi connectivity index (χ1n) is 13.2. The summed E-state index contributed by atoms with van der Waals surface area (Å²) in [5, 5.41) is 13.0. The van der Waals surface area contributed by atoms with Gasteiger partial charge in [-0.3, -0.25) is 0 Å². The first kappa shape index (κ1) is 26.6. The molecule has 0 spiro atoms. The summed E-state index contributed by atoms with van der Waals surface area (Å²) in [4.78, 5) is 13.4. The Hall–Kier alpha value is -3.44. The molecule has 0 radical (unpaired) electrons. The summed E-state index contributed by atoms with van der Waals surface area (Å²) in [6.45, 7) is 8.93. The SMILES string of the molecule is C/C=C\c1c(CC)cccc1C(C)NCC1CCN(c2ccc(C(=O)O)c(F)c2)CC1c1ccccc1. The average Bonchev–Trinajstić information content (AvgIpc) is 2.92. The summed E-state index contributed by atoms with van der Waals surface area (Å²) in [6, 6.07) is 21.8. The third-order valence-electron chi connectivity index (χ3n) is 7.63. The molecule has 1 fully saturated rings. The second kappa shape index (κ2) is 12.2. The standard InChI is InChI=1S/C32H37FN2O2/c1-4-10-28-23(5-2)13-9-14-27(28)22(3)34-20-25-17-18-35(21-30(25)24-11-7-6-8-12-24)26-15-16-29(32(36)37)31(33)19-26/h4,6-16,19,22,25,30,34H,5,17-18,20-21H2,1-3H3,(H,36,37)/b10-4-. The summed E-state index contributed by atoms with van der Waals surface area (Å²) in [5.41, 5.74) is 5.71. The van der Waals surface area contributed by atoms with Gasteiger partial charge in [0.1, 0.15) is 5.82 Å². The van der Waals surface area contributed by atoms with Gasteiger partial charge in [0.2, 0.25) is 0 Å². The molecule has 0 aliphatic carbocycles. The molecule has 0 bridgehead atoms. The summed E-state index contributed by atoms with van der Waals surface area (Å²) < 4.78 is 14.4. The minimum atomic E-state index is -1.24. The van der Waals surface area contributed by atoms with Crippen molar-refractivity contribution >= 4 is 17.7 Å². The number of carboxylic acids is 1. The first-order chi connectivity index (χ1) is 17.9. The molecule has 1 saturated heterocycles. The van der Waals surface area contributed by atoms with E-state index in [0.29, 0.717) is 5.92 Å². The Morgan fingerprint density at radius 2 is 1.95 bits per heavy atom. The normalized spacial score (nSPS) is 18.8. The minimum absolute atomic E-state index is 0.213. The molecule has 5 heteroatoms. The molecule has 0 amide bonds. The van der Waals surface area contributed by atoms with E-state index in [9.17, 15) is 14.3 Å². The van der Waals surface area contributed by atoms with Crippen molar-refractivity contribution in [2.45, 2.75) is 45.6 Å². The van der Waals surface area contributed by atoms with Gasteiger partial charge in [-0.25, -0.2) is 9.18 Å². The molecule has 4 nitrogen and oxygen atoms in total. The number of nitrogens with one attached hydrogen (secondary N) is 1. The molecule has 0 aromatic heterocycles. The maximum absolute atomic E-state index is 14.4. The van der Waals surface area contributed by atoms with E-state index < -0.39 is 11.8 Å². The highest BCUT2D eigenvalue weighted by atomic mass is 19.1. The van der Waals surface area contributed by atoms with Crippen LogP contribution in [-0.2, 0) is 6.42 Å². The monoisotopic (exact) mass is 500 g/mol. The largest absolute Gasteiger partial charge is 0.478 e. The molecule has 4 rings (SSSR count). The van der Waals surface area contributed by atoms with E-state index in [2.05, 4.69) is 85.6 Å². The van der Waals surface area contributed by atoms with Crippen molar-refractivity contribution in [2.24, 2.45) is 5.92 Å². The third kappa shape index (κ3) is 6.11. The zero-order chi connectivity index (χ0) is 26.4. The predicted molar refractivity (Wildman–Crippen MR) is 150 cm³/mol. The predicted octanol–water partition coefficient (Wildman–Crippen LogP) is 7.08. The Balaban J connectivity index is 1.53. The number of aryl methyl sites for hydroxylation is 1. The lowest BCUT2D eigenvalue weighted by Gasteiger charge is -2.41. The fourth-order valence-electron chi connectivity index (χ4n) is 5.56. The lowest BCUT2D eigenvalue weighted by atomic mass is 9.80. The van der Waals surface area contributed by atoms with Gasteiger partial charge in [0.15, 0.2) is 0 Å². The Kier molecular flexibility index (Phi) is 8.78. The van der Waals surface area contributed by atoms with Crippen LogP contribution >= 0.6 is 0 Å². The Morgan fingerprint density at radius 1 is 1.16 bits per heavy atom. The molecule has 194 valence electrons.